The zero-order valence-corrected chi connectivity index (χ0v) is 12.1. The molecule has 0 spiro atoms. The van der Waals surface area contributed by atoms with E-state index in [1.807, 2.05) is 7.05 Å². The molecular formula is C17H21N3. The van der Waals surface area contributed by atoms with Gasteiger partial charge >= 0.3 is 0 Å². The average molecular weight is 267 g/mol. The van der Waals surface area contributed by atoms with Crippen LogP contribution in [0.1, 0.15) is 18.9 Å². The summed E-state index contributed by atoms with van der Waals surface area (Å²) in [5, 5.41) is 9.38. The van der Waals surface area contributed by atoms with E-state index in [0.717, 1.165) is 18.4 Å². The lowest BCUT2D eigenvalue weighted by Crippen LogP contribution is -2.38. The summed E-state index contributed by atoms with van der Waals surface area (Å²) >= 11 is 0. The molecule has 2 atom stereocenters. The Hall–Kier alpha value is -2.03. The predicted octanol–water partition coefficient (Wildman–Crippen LogP) is 2.91. The van der Waals surface area contributed by atoms with Crippen molar-refractivity contribution in [1.29, 1.82) is 0 Å². The molecule has 0 saturated heterocycles. The predicted molar refractivity (Wildman–Crippen MR) is 84.9 cm³/mol. The van der Waals surface area contributed by atoms with Crippen molar-refractivity contribution >= 4 is 16.7 Å². The van der Waals surface area contributed by atoms with Gasteiger partial charge in [0, 0.05) is 19.6 Å². The monoisotopic (exact) mass is 267 g/mol. The smallest absolute Gasteiger partial charge is 0.191 e. The fourth-order valence-corrected chi connectivity index (χ4v) is 2.43. The highest BCUT2D eigenvalue weighted by molar-refractivity contribution is 5.83. The largest absolute Gasteiger partial charge is 0.353 e. The first kappa shape index (κ1) is 13.0. The van der Waals surface area contributed by atoms with Crippen molar-refractivity contribution in [3.05, 3.63) is 48.0 Å². The van der Waals surface area contributed by atoms with Crippen LogP contribution in [0.25, 0.3) is 10.8 Å². The molecule has 1 aliphatic carbocycles. The van der Waals surface area contributed by atoms with Crippen LogP contribution in [-0.2, 0) is 6.54 Å². The SMILES string of the molecule is CN=C(NCc1ccc2ccccc2c1)NC1CC1C. The van der Waals surface area contributed by atoms with Gasteiger partial charge in [-0.05, 0) is 34.7 Å². The minimum absolute atomic E-state index is 0.595. The van der Waals surface area contributed by atoms with E-state index in [0.29, 0.717) is 6.04 Å². The minimum atomic E-state index is 0.595. The highest BCUT2D eigenvalue weighted by atomic mass is 15.2. The first-order valence-electron chi connectivity index (χ1n) is 7.21. The lowest BCUT2D eigenvalue weighted by Gasteiger charge is -2.12. The number of hydrogen-bond donors (Lipinski definition) is 2. The molecule has 1 saturated carbocycles. The molecule has 0 aliphatic heterocycles. The fraction of sp³-hybridized carbons (Fsp3) is 0.353. The quantitative estimate of drug-likeness (QED) is 0.662. The minimum Gasteiger partial charge on any atom is -0.353 e. The van der Waals surface area contributed by atoms with Gasteiger partial charge in [0.2, 0.25) is 0 Å². The molecule has 2 unspecified atom stereocenters. The molecule has 0 amide bonds. The molecule has 3 nitrogen and oxygen atoms in total. The molecule has 0 aromatic heterocycles. The molecule has 3 heteroatoms. The third-order valence-electron chi connectivity index (χ3n) is 3.93. The zero-order valence-electron chi connectivity index (χ0n) is 12.1. The van der Waals surface area contributed by atoms with Crippen molar-refractivity contribution in [1.82, 2.24) is 10.6 Å². The molecule has 2 aromatic rings. The third-order valence-corrected chi connectivity index (χ3v) is 3.93. The Morgan fingerprint density at radius 1 is 1.20 bits per heavy atom. The van der Waals surface area contributed by atoms with Gasteiger partial charge in [-0.25, -0.2) is 0 Å². The molecule has 0 bridgehead atoms. The van der Waals surface area contributed by atoms with E-state index >= 15 is 0 Å². The molecular weight excluding hydrogens is 246 g/mol. The van der Waals surface area contributed by atoms with E-state index < -0.39 is 0 Å². The Kier molecular flexibility index (Phi) is 3.59. The standard InChI is InChI=1S/C17H21N3/c1-12-9-16(12)20-17(18-2)19-11-13-7-8-14-5-3-4-6-15(14)10-13/h3-8,10,12,16H,9,11H2,1-2H3,(H2,18,19,20). The van der Waals surface area contributed by atoms with Crippen molar-refractivity contribution in [2.45, 2.75) is 25.9 Å². The van der Waals surface area contributed by atoms with Crippen molar-refractivity contribution in [2.24, 2.45) is 10.9 Å². The highest BCUT2D eigenvalue weighted by Gasteiger charge is 2.33. The van der Waals surface area contributed by atoms with E-state index in [1.165, 1.54) is 22.8 Å². The van der Waals surface area contributed by atoms with Crippen molar-refractivity contribution < 1.29 is 0 Å². The number of nitrogens with zero attached hydrogens (tertiary/aromatic N) is 1. The van der Waals surface area contributed by atoms with E-state index in [4.69, 9.17) is 0 Å². The van der Waals surface area contributed by atoms with Crippen molar-refractivity contribution in [2.75, 3.05) is 7.05 Å². The van der Waals surface area contributed by atoms with Crippen LogP contribution >= 0.6 is 0 Å². The second-order valence-corrected chi connectivity index (χ2v) is 5.57. The maximum absolute atomic E-state index is 4.27. The lowest BCUT2D eigenvalue weighted by molar-refractivity contribution is 0.764. The van der Waals surface area contributed by atoms with Crippen LogP contribution in [0.4, 0.5) is 0 Å². The number of nitrogens with one attached hydrogen (secondary N) is 2. The first-order chi connectivity index (χ1) is 9.76. The number of hydrogen-bond acceptors (Lipinski definition) is 1. The molecule has 1 aliphatic rings. The summed E-state index contributed by atoms with van der Waals surface area (Å²) < 4.78 is 0. The summed E-state index contributed by atoms with van der Waals surface area (Å²) in [6.45, 7) is 3.06. The topological polar surface area (TPSA) is 36.4 Å². The number of guanidine groups is 1. The Morgan fingerprint density at radius 2 is 1.95 bits per heavy atom. The van der Waals surface area contributed by atoms with Crippen LogP contribution in [0.3, 0.4) is 0 Å². The molecule has 2 aromatic carbocycles. The van der Waals surface area contributed by atoms with Gasteiger partial charge in [-0.3, -0.25) is 4.99 Å². The Balaban J connectivity index is 1.63. The zero-order chi connectivity index (χ0) is 13.9. The summed E-state index contributed by atoms with van der Waals surface area (Å²) in [7, 11) is 1.82. The Labute approximate surface area is 120 Å². The second-order valence-electron chi connectivity index (χ2n) is 5.57. The van der Waals surface area contributed by atoms with Gasteiger partial charge in [0.25, 0.3) is 0 Å². The van der Waals surface area contributed by atoms with Crippen molar-refractivity contribution in [3.8, 4) is 0 Å². The highest BCUT2D eigenvalue weighted by Crippen LogP contribution is 2.28. The summed E-state index contributed by atoms with van der Waals surface area (Å²) in [6.07, 6.45) is 1.25. The first-order valence-corrected chi connectivity index (χ1v) is 7.21. The molecule has 1 fully saturated rings. The van der Waals surface area contributed by atoms with Gasteiger partial charge < -0.3 is 10.6 Å². The van der Waals surface area contributed by atoms with Gasteiger partial charge in [-0.15, -0.1) is 0 Å². The normalized spacial score (nSPS) is 21.8. The van der Waals surface area contributed by atoms with E-state index in [-0.39, 0.29) is 0 Å². The van der Waals surface area contributed by atoms with E-state index in [2.05, 4.69) is 65.0 Å². The molecule has 20 heavy (non-hydrogen) atoms. The van der Waals surface area contributed by atoms with Gasteiger partial charge in [-0.1, -0.05) is 43.3 Å². The van der Waals surface area contributed by atoms with Gasteiger partial charge in [0.1, 0.15) is 0 Å². The van der Waals surface area contributed by atoms with Crippen LogP contribution in [0, 0.1) is 5.92 Å². The lowest BCUT2D eigenvalue weighted by atomic mass is 10.1. The number of rotatable bonds is 3. The maximum atomic E-state index is 4.27. The summed E-state index contributed by atoms with van der Waals surface area (Å²) in [5.41, 5.74) is 1.27. The Morgan fingerprint density at radius 3 is 2.65 bits per heavy atom. The molecule has 0 radical (unpaired) electrons. The van der Waals surface area contributed by atoms with E-state index in [9.17, 15) is 0 Å². The van der Waals surface area contributed by atoms with Gasteiger partial charge in [0.05, 0.1) is 0 Å². The van der Waals surface area contributed by atoms with Gasteiger partial charge in [0.15, 0.2) is 5.96 Å². The third kappa shape index (κ3) is 2.93. The molecule has 2 N–H and O–H groups in total. The van der Waals surface area contributed by atoms with E-state index in [1.54, 1.807) is 0 Å². The Bertz CT molecular complexity index is 633. The van der Waals surface area contributed by atoms with Crippen molar-refractivity contribution in [3.63, 3.8) is 0 Å². The van der Waals surface area contributed by atoms with Crippen LogP contribution < -0.4 is 10.6 Å². The summed E-state index contributed by atoms with van der Waals surface area (Å²) in [6, 6.07) is 15.6. The molecule has 0 heterocycles. The van der Waals surface area contributed by atoms with Crippen LogP contribution in [0.15, 0.2) is 47.5 Å². The summed E-state index contributed by atoms with van der Waals surface area (Å²) in [4.78, 5) is 4.27. The molecule has 104 valence electrons. The fourth-order valence-electron chi connectivity index (χ4n) is 2.43. The number of benzene rings is 2. The maximum Gasteiger partial charge on any atom is 0.191 e. The number of aliphatic imine (C=N–C) groups is 1. The van der Waals surface area contributed by atoms with Crippen LogP contribution in [-0.4, -0.2) is 19.0 Å². The van der Waals surface area contributed by atoms with Gasteiger partial charge in [-0.2, -0.15) is 0 Å². The number of fused-ring (bicyclic) bond motifs is 1. The van der Waals surface area contributed by atoms with Crippen LogP contribution in [0.5, 0.6) is 0 Å². The van der Waals surface area contributed by atoms with Crippen LogP contribution in [0.2, 0.25) is 0 Å². The molecule has 3 rings (SSSR count). The summed E-state index contributed by atoms with van der Waals surface area (Å²) in [5.74, 6) is 1.67. The average Bonchev–Trinajstić information content (AvgIpc) is 3.18. The second kappa shape index (κ2) is 5.53.